The molecule has 0 saturated heterocycles. The van der Waals surface area contributed by atoms with Gasteiger partial charge in [0.25, 0.3) is 0 Å². The highest BCUT2D eigenvalue weighted by molar-refractivity contribution is 4.90. The molecule has 2 atom stereocenters. The molecule has 0 bridgehead atoms. The molecule has 146 valence electrons. The van der Waals surface area contributed by atoms with E-state index in [0.717, 1.165) is 25.7 Å². The van der Waals surface area contributed by atoms with Crippen molar-refractivity contribution < 1.29 is 9.78 Å². The fourth-order valence-electron chi connectivity index (χ4n) is 4.79. The van der Waals surface area contributed by atoms with Crippen LogP contribution in [0.1, 0.15) is 109 Å². The Labute approximate surface area is 153 Å². The maximum atomic E-state index is 6.16. The van der Waals surface area contributed by atoms with Gasteiger partial charge < -0.3 is 0 Å². The molecular weight excluding hydrogens is 296 g/mol. The van der Waals surface area contributed by atoms with Crippen molar-refractivity contribution in [3.05, 3.63) is 0 Å². The molecule has 2 heteroatoms. The summed E-state index contributed by atoms with van der Waals surface area (Å²) in [5.41, 5.74) is -0.141. The average molecular weight is 343 g/mol. The van der Waals surface area contributed by atoms with Gasteiger partial charge in [0, 0.05) is 0 Å². The minimum Gasteiger partial charge on any atom is -0.230 e. The van der Waals surface area contributed by atoms with Crippen LogP contribution in [-0.2, 0) is 9.78 Å². The number of hydrogen-bond acceptors (Lipinski definition) is 2. The van der Waals surface area contributed by atoms with E-state index in [9.17, 15) is 0 Å². The van der Waals surface area contributed by atoms with Crippen LogP contribution in [0.25, 0.3) is 0 Å². The van der Waals surface area contributed by atoms with Crippen LogP contribution in [0.15, 0.2) is 0 Å². The average Bonchev–Trinajstić information content (AvgIpc) is 2.45. The summed E-state index contributed by atoms with van der Waals surface area (Å²) in [5.74, 6) is 0.898. The van der Waals surface area contributed by atoms with E-state index in [1.807, 2.05) is 0 Å². The maximum absolute atomic E-state index is 6.16. The maximum Gasteiger partial charge on any atom is 0.101 e. The first-order valence-electron chi connectivity index (χ1n) is 10.1. The third-order valence-electron chi connectivity index (χ3n) is 6.68. The predicted molar refractivity (Wildman–Crippen MR) is 106 cm³/mol. The Morgan fingerprint density at radius 2 is 0.792 bits per heavy atom. The van der Waals surface area contributed by atoms with E-state index in [4.69, 9.17) is 9.78 Å². The number of rotatable bonds is 11. The largest absolute Gasteiger partial charge is 0.230 e. The van der Waals surface area contributed by atoms with E-state index in [1.54, 1.807) is 0 Å². The van der Waals surface area contributed by atoms with Gasteiger partial charge in [0.15, 0.2) is 0 Å². The molecule has 0 aromatic carbocycles. The minimum absolute atomic E-state index is 0.235. The lowest BCUT2D eigenvalue weighted by Gasteiger charge is -2.47. The Kier molecular flexibility index (Phi) is 8.51. The second-order valence-corrected chi connectivity index (χ2v) is 9.98. The standard InChI is InChI=1S/C22H46O2/c1-13-17(19(5,6)15-3)21(9,10)23-24-22(11,12)18(14-2)20(7,8)16-4/h17-18H,13-16H2,1-12H3. The van der Waals surface area contributed by atoms with Gasteiger partial charge in [-0.15, -0.1) is 0 Å². The van der Waals surface area contributed by atoms with Gasteiger partial charge in [-0.05, 0) is 63.2 Å². The molecule has 0 aliphatic carbocycles. The molecule has 0 fully saturated rings. The molecule has 2 nitrogen and oxygen atoms in total. The lowest BCUT2D eigenvalue weighted by atomic mass is 9.67. The van der Waals surface area contributed by atoms with Crippen molar-refractivity contribution in [1.29, 1.82) is 0 Å². The van der Waals surface area contributed by atoms with Crippen LogP contribution in [0.3, 0.4) is 0 Å². The Bertz CT molecular complexity index is 330. The van der Waals surface area contributed by atoms with Gasteiger partial charge >= 0.3 is 0 Å². The zero-order valence-corrected chi connectivity index (χ0v) is 18.8. The molecule has 0 radical (unpaired) electrons. The summed E-state index contributed by atoms with van der Waals surface area (Å²) in [6, 6.07) is 0. The van der Waals surface area contributed by atoms with Gasteiger partial charge in [0.2, 0.25) is 0 Å². The predicted octanol–water partition coefficient (Wildman–Crippen LogP) is 7.42. The Balaban J connectivity index is 5.26. The van der Waals surface area contributed by atoms with Crippen LogP contribution in [0, 0.1) is 22.7 Å². The van der Waals surface area contributed by atoms with E-state index in [2.05, 4.69) is 83.1 Å². The van der Waals surface area contributed by atoms with E-state index >= 15 is 0 Å². The van der Waals surface area contributed by atoms with Gasteiger partial charge in [-0.2, -0.15) is 0 Å². The third-order valence-corrected chi connectivity index (χ3v) is 6.68. The fourth-order valence-corrected chi connectivity index (χ4v) is 4.79. The van der Waals surface area contributed by atoms with Gasteiger partial charge in [-0.1, -0.05) is 68.2 Å². The van der Waals surface area contributed by atoms with Gasteiger partial charge in [-0.25, -0.2) is 9.78 Å². The molecule has 0 amide bonds. The second-order valence-electron chi connectivity index (χ2n) is 9.98. The molecule has 0 saturated carbocycles. The smallest absolute Gasteiger partial charge is 0.101 e. The molecular formula is C22H46O2. The summed E-state index contributed by atoms with van der Waals surface area (Å²) in [6.07, 6.45) is 4.47. The normalized spacial score (nSPS) is 17.0. The highest BCUT2D eigenvalue weighted by Crippen LogP contribution is 2.45. The summed E-state index contributed by atoms with van der Waals surface area (Å²) in [7, 11) is 0. The van der Waals surface area contributed by atoms with Crippen LogP contribution < -0.4 is 0 Å². The summed E-state index contributed by atoms with van der Waals surface area (Å²) in [6.45, 7) is 27.1. The van der Waals surface area contributed by atoms with Crippen molar-refractivity contribution in [3.63, 3.8) is 0 Å². The van der Waals surface area contributed by atoms with Crippen molar-refractivity contribution >= 4 is 0 Å². The first-order valence-corrected chi connectivity index (χ1v) is 10.1. The van der Waals surface area contributed by atoms with Crippen LogP contribution >= 0.6 is 0 Å². The minimum atomic E-state index is -0.305. The molecule has 0 rings (SSSR count). The van der Waals surface area contributed by atoms with Gasteiger partial charge in [-0.3, -0.25) is 0 Å². The highest BCUT2D eigenvalue weighted by atomic mass is 17.2. The zero-order valence-electron chi connectivity index (χ0n) is 18.8. The van der Waals surface area contributed by atoms with Crippen molar-refractivity contribution in [1.82, 2.24) is 0 Å². The van der Waals surface area contributed by atoms with Gasteiger partial charge in [0.05, 0.1) is 0 Å². The third kappa shape index (κ3) is 5.73. The van der Waals surface area contributed by atoms with Crippen molar-refractivity contribution in [3.8, 4) is 0 Å². The van der Waals surface area contributed by atoms with Crippen LogP contribution in [0.5, 0.6) is 0 Å². The van der Waals surface area contributed by atoms with Crippen LogP contribution in [-0.4, -0.2) is 11.2 Å². The lowest BCUT2D eigenvalue weighted by molar-refractivity contribution is -0.426. The summed E-state index contributed by atoms with van der Waals surface area (Å²) < 4.78 is 0. The Morgan fingerprint density at radius 3 is 0.958 bits per heavy atom. The van der Waals surface area contributed by atoms with Gasteiger partial charge in [0.1, 0.15) is 11.2 Å². The molecule has 0 aromatic heterocycles. The SMILES string of the molecule is CCC(C(C)(C)CC)C(C)(C)OOC(C)(C)C(CC)C(C)(C)CC. The highest BCUT2D eigenvalue weighted by Gasteiger charge is 2.44. The van der Waals surface area contributed by atoms with E-state index in [-0.39, 0.29) is 22.0 Å². The molecule has 0 aliphatic rings. The molecule has 0 aromatic rings. The molecule has 2 unspecified atom stereocenters. The summed E-state index contributed by atoms with van der Waals surface area (Å²) in [4.78, 5) is 12.3. The quantitative estimate of drug-likeness (QED) is 0.287. The Morgan fingerprint density at radius 1 is 0.542 bits per heavy atom. The Hall–Kier alpha value is -0.0800. The molecule has 24 heavy (non-hydrogen) atoms. The van der Waals surface area contributed by atoms with Crippen LogP contribution in [0.2, 0.25) is 0 Å². The molecule has 0 heterocycles. The first-order chi connectivity index (χ1) is 10.7. The molecule has 0 aliphatic heterocycles. The van der Waals surface area contributed by atoms with E-state index < -0.39 is 0 Å². The summed E-state index contributed by atoms with van der Waals surface area (Å²) in [5, 5.41) is 0. The summed E-state index contributed by atoms with van der Waals surface area (Å²) >= 11 is 0. The number of hydrogen-bond donors (Lipinski definition) is 0. The fraction of sp³-hybridized carbons (Fsp3) is 1.00. The van der Waals surface area contributed by atoms with Crippen LogP contribution in [0.4, 0.5) is 0 Å². The molecule has 0 N–H and O–H groups in total. The zero-order chi connectivity index (χ0) is 19.4. The lowest BCUT2D eigenvalue weighted by Crippen LogP contribution is -2.48. The molecule has 0 spiro atoms. The monoisotopic (exact) mass is 342 g/mol. The van der Waals surface area contributed by atoms with E-state index in [0.29, 0.717) is 11.8 Å². The second kappa shape index (κ2) is 8.54. The topological polar surface area (TPSA) is 18.5 Å². The van der Waals surface area contributed by atoms with E-state index in [1.165, 1.54) is 0 Å². The van der Waals surface area contributed by atoms with Crippen molar-refractivity contribution in [2.24, 2.45) is 22.7 Å². The van der Waals surface area contributed by atoms with Crippen molar-refractivity contribution in [2.75, 3.05) is 0 Å². The first kappa shape index (κ1) is 23.9. The van der Waals surface area contributed by atoms with Crippen molar-refractivity contribution in [2.45, 2.75) is 120 Å².